The van der Waals surface area contributed by atoms with Crippen molar-refractivity contribution in [2.75, 3.05) is 10.6 Å². The number of carbonyl (C=O) groups excluding carboxylic acids is 1. The van der Waals surface area contributed by atoms with E-state index in [-0.39, 0.29) is 11.9 Å². The van der Waals surface area contributed by atoms with Gasteiger partial charge in [0.05, 0.1) is 18.0 Å². The van der Waals surface area contributed by atoms with Gasteiger partial charge in [-0.2, -0.15) is 0 Å². The molecule has 1 amide bonds. The number of fused-ring (bicyclic) bond motifs is 1. The van der Waals surface area contributed by atoms with Crippen LogP contribution in [-0.2, 0) is 27.7 Å². The van der Waals surface area contributed by atoms with Crippen LogP contribution in [0.2, 0.25) is 5.02 Å². The normalized spacial score (nSPS) is 15.6. The highest BCUT2D eigenvalue weighted by molar-refractivity contribution is 7.92. The number of benzene rings is 2. The van der Waals surface area contributed by atoms with Gasteiger partial charge in [0.25, 0.3) is 0 Å². The number of sulfonamides is 1. The van der Waals surface area contributed by atoms with Gasteiger partial charge in [0, 0.05) is 5.02 Å². The second kappa shape index (κ2) is 8.13. The van der Waals surface area contributed by atoms with Gasteiger partial charge in [0.2, 0.25) is 15.9 Å². The summed E-state index contributed by atoms with van der Waals surface area (Å²) in [5, 5.41) is 3.45. The van der Waals surface area contributed by atoms with E-state index in [4.69, 9.17) is 11.6 Å². The average Bonchev–Trinajstić information content (AvgIpc) is 3.10. The summed E-state index contributed by atoms with van der Waals surface area (Å²) in [5.74, 6) is -0.353. The maximum Gasteiger partial charge on any atom is 0.244 e. The number of aryl methyl sites for hydroxylation is 2. The van der Waals surface area contributed by atoms with Gasteiger partial charge in [-0.25, -0.2) is 8.42 Å². The Balaban J connectivity index is 1.78. The fraction of sp³-hybridized carbons (Fsp3) is 0.381. The number of anilines is 1. The van der Waals surface area contributed by atoms with E-state index >= 15 is 0 Å². The van der Waals surface area contributed by atoms with Crippen LogP contribution in [0.25, 0.3) is 0 Å². The lowest BCUT2D eigenvalue weighted by atomic mass is 10.0. The molecule has 1 N–H and O–H groups in total. The Kier molecular flexibility index (Phi) is 6.01. The summed E-state index contributed by atoms with van der Waals surface area (Å²) in [6, 6.07) is 11.6. The predicted molar refractivity (Wildman–Crippen MR) is 113 cm³/mol. The summed E-state index contributed by atoms with van der Waals surface area (Å²) in [5.41, 5.74) is 4.14. The van der Waals surface area contributed by atoms with Crippen LogP contribution < -0.4 is 9.62 Å². The first-order valence-corrected chi connectivity index (χ1v) is 11.6. The van der Waals surface area contributed by atoms with Crippen molar-refractivity contribution in [3.8, 4) is 0 Å². The molecule has 0 radical (unpaired) electrons. The van der Waals surface area contributed by atoms with E-state index in [1.807, 2.05) is 13.0 Å². The van der Waals surface area contributed by atoms with Crippen molar-refractivity contribution >= 4 is 33.2 Å². The first-order chi connectivity index (χ1) is 13.2. The van der Waals surface area contributed by atoms with Gasteiger partial charge >= 0.3 is 0 Å². The van der Waals surface area contributed by atoms with Crippen molar-refractivity contribution in [2.45, 2.75) is 45.2 Å². The minimum atomic E-state index is -3.65. The van der Waals surface area contributed by atoms with Crippen molar-refractivity contribution in [1.82, 2.24) is 5.32 Å². The molecule has 0 aromatic heterocycles. The van der Waals surface area contributed by atoms with Crippen LogP contribution in [0.4, 0.5) is 5.69 Å². The molecule has 3 rings (SSSR count). The van der Waals surface area contributed by atoms with E-state index in [0.29, 0.717) is 10.7 Å². The lowest BCUT2D eigenvalue weighted by molar-refractivity contribution is -0.122. The maximum absolute atomic E-state index is 12.8. The molecule has 28 heavy (non-hydrogen) atoms. The number of halogens is 1. The highest BCUT2D eigenvalue weighted by atomic mass is 35.5. The fourth-order valence-corrected chi connectivity index (χ4v) is 4.98. The van der Waals surface area contributed by atoms with Crippen molar-refractivity contribution in [2.24, 2.45) is 0 Å². The molecule has 2 aromatic rings. The molecule has 1 aliphatic carbocycles. The highest BCUT2D eigenvalue weighted by Gasteiger charge is 2.30. The molecule has 7 heteroatoms. The molecule has 150 valence electrons. The molecular formula is C21H25ClN2O3S. The van der Waals surface area contributed by atoms with Crippen molar-refractivity contribution in [1.29, 1.82) is 0 Å². The number of carbonyl (C=O) groups is 1. The van der Waals surface area contributed by atoms with Gasteiger partial charge < -0.3 is 5.32 Å². The number of nitrogens with zero attached hydrogens (tertiary/aromatic N) is 1. The van der Waals surface area contributed by atoms with E-state index < -0.39 is 16.1 Å². The third-order valence-corrected chi connectivity index (χ3v) is 6.64. The van der Waals surface area contributed by atoms with Gasteiger partial charge in [-0.3, -0.25) is 9.10 Å². The largest absolute Gasteiger partial charge is 0.348 e. The SMILES string of the molecule is C[C@@H](NC(=O)[C@H](C)N(c1ccc(Cl)cc1)S(C)(=O)=O)c1ccc2c(c1)CCC2. The molecular weight excluding hydrogens is 396 g/mol. The topological polar surface area (TPSA) is 66.5 Å². The van der Waals surface area contributed by atoms with E-state index in [1.54, 1.807) is 31.2 Å². The van der Waals surface area contributed by atoms with Gasteiger partial charge in [-0.15, -0.1) is 0 Å². The number of rotatable bonds is 6. The Morgan fingerprint density at radius 3 is 2.36 bits per heavy atom. The first kappa shape index (κ1) is 20.7. The number of hydrogen-bond donors (Lipinski definition) is 1. The Bertz CT molecular complexity index is 974. The molecule has 1 aliphatic rings. The van der Waals surface area contributed by atoms with Crippen LogP contribution in [-0.4, -0.2) is 26.6 Å². The van der Waals surface area contributed by atoms with E-state index in [2.05, 4.69) is 17.4 Å². The van der Waals surface area contributed by atoms with Crippen LogP contribution in [0, 0.1) is 0 Å². The van der Waals surface area contributed by atoms with Gasteiger partial charge in [-0.1, -0.05) is 29.8 Å². The fourth-order valence-electron chi connectivity index (χ4n) is 3.68. The summed E-state index contributed by atoms with van der Waals surface area (Å²) < 4.78 is 25.8. The molecule has 0 saturated carbocycles. The summed E-state index contributed by atoms with van der Waals surface area (Å²) in [4.78, 5) is 12.8. The Morgan fingerprint density at radius 1 is 1.07 bits per heavy atom. The molecule has 0 heterocycles. The molecule has 0 saturated heterocycles. The summed E-state index contributed by atoms with van der Waals surface area (Å²) >= 11 is 5.90. The Morgan fingerprint density at radius 2 is 1.71 bits per heavy atom. The quantitative estimate of drug-likeness (QED) is 0.771. The lowest BCUT2D eigenvalue weighted by Gasteiger charge is -2.29. The Labute approximate surface area is 171 Å². The summed E-state index contributed by atoms with van der Waals surface area (Å²) in [7, 11) is -3.65. The van der Waals surface area contributed by atoms with Crippen LogP contribution >= 0.6 is 11.6 Å². The van der Waals surface area contributed by atoms with E-state index in [0.717, 1.165) is 29.0 Å². The smallest absolute Gasteiger partial charge is 0.244 e. The number of amides is 1. The molecule has 0 spiro atoms. The highest BCUT2D eigenvalue weighted by Crippen LogP contribution is 2.26. The maximum atomic E-state index is 12.8. The second-order valence-corrected chi connectivity index (χ2v) is 9.62. The monoisotopic (exact) mass is 420 g/mol. The minimum absolute atomic E-state index is 0.215. The summed E-state index contributed by atoms with van der Waals surface area (Å²) in [6.07, 6.45) is 4.44. The zero-order valence-electron chi connectivity index (χ0n) is 16.3. The number of hydrogen-bond acceptors (Lipinski definition) is 3. The number of nitrogens with one attached hydrogen (secondary N) is 1. The Hall–Kier alpha value is -2.05. The molecule has 2 atom stereocenters. The van der Waals surface area contributed by atoms with Gasteiger partial charge in [-0.05, 0) is 74.1 Å². The van der Waals surface area contributed by atoms with Crippen LogP contribution in [0.15, 0.2) is 42.5 Å². The second-order valence-electron chi connectivity index (χ2n) is 7.32. The third kappa shape index (κ3) is 4.50. The van der Waals surface area contributed by atoms with E-state index in [1.165, 1.54) is 17.5 Å². The lowest BCUT2D eigenvalue weighted by Crippen LogP contribution is -2.48. The molecule has 0 bridgehead atoms. The molecule has 0 unspecified atom stereocenters. The van der Waals surface area contributed by atoms with Crippen molar-refractivity contribution < 1.29 is 13.2 Å². The van der Waals surface area contributed by atoms with Gasteiger partial charge in [0.15, 0.2) is 0 Å². The molecule has 5 nitrogen and oxygen atoms in total. The van der Waals surface area contributed by atoms with Crippen molar-refractivity contribution in [3.63, 3.8) is 0 Å². The van der Waals surface area contributed by atoms with Gasteiger partial charge in [0.1, 0.15) is 6.04 Å². The van der Waals surface area contributed by atoms with Crippen LogP contribution in [0.1, 0.15) is 43.0 Å². The average molecular weight is 421 g/mol. The predicted octanol–water partition coefficient (Wildman–Crippen LogP) is 3.86. The van der Waals surface area contributed by atoms with Crippen LogP contribution in [0.5, 0.6) is 0 Å². The molecule has 2 aromatic carbocycles. The summed E-state index contributed by atoms with van der Waals surface area (Å²) in [6.45, 7) is 3.49. The van der Waals surface area contributed by atoms with Crippen LogP contribution in [0.3, 0.4) is 0 Å². The van der Waals surface area contributed by atoms with E-state index in [9.17, 15) is 13.2 Å². The molecule has 0 fully saturated rings. The zero-order valence-corrected chi connectivity index (χ0v) is 17.8. The van der Waals surface area contributed by atoms with Crippen molar-refractivity contribution in [3.05, 3.63) is 64.2 Å². The first-order valence-electron chi connectivity index (χ1n) is 9.34. The molecule has 0 aliphatic heterocycles. The standard InChI is InChI=1S/C21H25ClN2O3S/c1-14(17-8-7-16-5-4-6-18(16)13-17)23-21(25)15(2)24(28(3,26)27)20-11-9-19(22)10-12-20/h7-15H,4-6H2,1-3H3,(H,23,25)/t14-,15+/m1/s1. The third-order valence-electron chi connectivity index (χ3n) is 5.15. The minimum Gasteiger partial charge on any atom is -0.348 e. The zero-order chi connectivity index (χ0) is 20.5.